The smallest absolute Gasteiger partial charge is 0.239 e. The summed E-state index contributed by atoms with van der Waals surface area (Å²) in [6, 6.07) is 13.7. The molecular formula is C19H19N5O2S. The Labute approximate surface area is 160 Å². The zero-order valence-corrected chi connectivity index (χ0v) is 15.6. The number of hydrogen-bond acceptors (Lipinski definition) is 6. The predicted molar refractivity (Wildman–Crippen MR) is 107 cm³/mol. The first-order chi connectivity index (χ1) is 13.2. The number of carbonyl (C=O) groups is 2. The zero-order valence-electron chi connectivity index (χ0n) is 14.8. The summed E-state index contributed by atoms with van der Waals surface area (Å²) >= 11 is 1.38. The molecule has 0 aliphatic carbocycles. The van der Waals surface area contributed by atoms with Gasteiger partial charge in [0.25, 0.3) is 0 Å². The van der Waals surface area contributed by atoms with Crippen molar-refractivity contribution in [2.45, 2.75) is 6.42 Å². The lowest BCUT2D eigenvalue weighted by Gasteiger charge is -2.03. The van der Waals surface area contributed by atoms with Gasteiger partial charge in [-0.2, -0.15) is 0 Å². The van der Waals surface area contributed by atoms with Gasteiger partial charge in [-0.25, -0.2) is 9.97 Å². The summed E-state index contributed by atoms with van der Waals surface area (Å²) in [7, 11) is 1.63. The van der Waals surface area contributed by atoms with Crippen LogP contribution in [0.15, 0.2) is 47.5 Å². The lowest BCUT2D eigenvalue weighted by molar-refractivity contribution is -0.125. The van der Waals surface area contributed by atoms with Crippen molar-refractivity contribution in [1.82, 2.24) is 20.6 Å². The minimum Gasteiger partial charge on any atom is -0.350 e. The second kappa shape index (κ2) is 9.00. The van der Waals surface area contributed by atoms with Crippen LogP contribution in [0.5, 0.6) is 0 Å². The predicted octanol–water partition coefficient (Wildman–Crippen LogP) is 1.83. The molecule has 3 rings (SSSR count). The van der Waals surface area contributed by atoms with Gasteiger partial charge in [-0.15, -0.1) is 0 Å². The lowest BCUT2D eigenvalue weighted by Crippen LogP contribution is -2.38. The molecule has 0 radical (unpaired) electrons. The topological polar surface area (TPSA) is 96.3 Å². The molecule has 0 saturated carbocycles. The molecule has 0 fully saturated rings. The Bertz CT molecular complexity index is 969. The van der Waals surface area contributed by atoms with Crippen LogP contribution in [-0.4, -0.2) is 48.1 Å². The summed E-state index contributed by atoms with van der Waals surface area (Å²) in [5, 5.41) is 5.88. The van der Waals surface area contributed by atoms with Gasteiger partial charge in [0.2, 0.25) is 11.8 Å². The standard InChI is InChI=1S/C19H19N5O2S/c1-20-9-10-21-17(26)12-22-16(25)11-18-23-15-8-7-14(24-19(15)27-18)13-5-3-2-4-6-13/h2-9H,10-12H2,1H3,(H,21,26)(H,22,25). The van der Waals surface area contributed by atoms with E-state index in [1.165, 1.54) is 11.3 Å². The van der Waals surface area contributed by atoms with E-state index in [9.17, 15) is 9.59 Å². The highest BCUT2D eigenvalue weighted by molar-refractivity contribution is 7.18. The molecule has 7 nitrogen and oxygen atoms in total. The zero-order chi connectivity index (χ0) is 19.1. The van der Waals surface area contributed by atoms with Crippen LogP contribution in [0.3, 0.4) is 0 Å². The number of fused-ring (bicyclic) bond motifs is 1. The fourth-order valence-corrected chi connectivity index (χ4v) is 3.33. The van der Waals surface area contributed by atoms with Gasteiger partial charge in [0.1, 0.15) is 15.4 Å². The van der Waals surface area contributed by atoms with Gasteiger partial charge in [-0.05, 0) is 12.1 Å². The van der Waals surface area contributed by atoms with Gasteiger partial charge in [-0.3, -0.25) is 14.6 Å². The Hall–Kier alpha value is -3.13. The fourth-order valence-electron chi connectivity index (χ4n) is 2.40. The van der Waals surface area contributed by atoms with Gasteiger partial charge < -0.3 is 10.6 Å². The molecule has 2 amide bonds. The number of pyridine rings is 1. The Morgan fingerprint density at radius 1 is 1.07 bits per heavy atom. The number of nitrogens with zero attached hydrogens (tertiary/aromatic N) is 3. The van der Waals surface area contributed by atoms with Gasteiger partial charge in [-0.1, -0.05) is 41.7 Å². The maximum atomic E-state index is 12.0. The third kappa shape index (κ3) is 5.18. The molecule has 0 aliphatic rings. The van der Waals surface area contributed by atoms with Crippen LogP contribution in [0.25, 0.3) is 21.6 Å². The summed E-state index contributed by atoms with van der Waals surface area (Å²) in [5.74, 6) is -0.515. The van der Waals surface area contributed by atoms with Crippen molar-refractivity contribution in [2.75, 3.05) is 20.1 Å². The number of carbonyl (C=O) groups excluding carboxylic acids is 2. The van der Waals surface area contributed by atoms with Crippen LogP contribution in [0.4, 0.5) is 0 Å². The molecule has 0 saturated heterocycles. The Balaban J connectivity index is 1.60. The molecule has 27 heavy (non-hydrogen) atoms. The SMILES string of the molecule is CN=CCNC(=O)CNC(=O)Cc1nc2ccc(-c3ccccc3)nc2s1. The van der Waals surface area contributed by atoms with Gasteiger partial charge >= 0.3 is 0 Å². The second-order valence-corrected chi connectivity index (χ2v) is 6.75. The molecule has 138 valence electrons. The highest BCUT2D eigenvalue weighted by Gasteiger charge is 2.12. The highest BCUT2D eigenvalue weighted by Crippen LogP contribution is 2.25. The van der Waals surface area contributed by atoms with Crippen molar-refractivity contribution >= 4 is 39.7 Å². The maximum Gasteiger partial charge on any atom is 0.239 e. The van der Waals surface area contributed by atoms with Crippen LogP contribution in [0.2, 0.25) is 0 Å². The molecule has 8 heteroatoms. The summed E-state index contributed by atoms with van der Waals surface area (Å²) in [6.07, 6.45) is 1.70. The van der Waals surface area contributed by atoms with Crippen LogP contribution >= 0.6 is 11.3 Å². The Morgan fingerprint density at radius 2 is 1.89 bits per heavy atom. The summed E-state index contributed by atoms with van der Waals surface area (Å²) < 4.78 is 0. The summed E-state index contributed by atoms with van der Waals surface area (Å²) in [4.78, 5) is 37.3. The summed E-state index contributed by atoms with van der Waals surface area (Å²) in [5.41, 5.74) is 2.67. The quantitative estimate of drug-likeness (QED) is 0.610. The maximum absolute atomic E-state index is 12.0. The van der Waals surface area contributed by atoms with E-state index in [1.54, 1.807) is 13.3 Å². The first-order valence-corrected chi connectivity index (χ1v) is 9.23. The van der Waals surface area contributed by atoms with Crippen molar-refractivity contribution in [3.63, 3.8) is 0 Å². The molecule has 0 unspecified atom stereocenters. The number of nitrogens with one attached hydrogen (secondary N) is 2. The van der Waals surface area contributed by atoms with Gasteiger partial charge in [0, 0.05) is 18.8 Å². The van der Waals surface area contributed by atoms with Crippen molar-refractivity contribution in [3.8, 4) is 11.3 Å². The molecule has 2 heterocycles. The van der Waals surface area contributed by atoms with E-state index in [0.29, 0.717) is 11.6 Å². The molecule has 3 aromatic rings. The third-order valence-corrected chi connectivity index (χ3v) is 4.67. The molecule has 2 aromatic heterocycles. The Kier molecular flexibility index (Phi) is 6.22. The average Bonchev–Trinajstić information content (AvgIpc) is 3.08. The van der Waals surface area contributed by atoms with E-state index in [4.69, 9.17) is 0 Å². The second-order valence-electron chi connectivity index (χ2n) is 5.69. The lowest BCUT2D eigenvalue weighted by atomic mass is 10.1. The molecule has 0 bridgehead atoms. The first kappa shape index (κ1) is 18.7. The fraction of sp³-hybridized carbons (Fsp3) is 0.211. The Morgan fingerprint density at radius 3 is 2.67 bits per heavy atom. The minimum atomic E-state index is -0.262. The van der Waals surface area contributed by atoms with E-state index in [-0.39, 0.29) is 24.8 Å². The van der Waals surface area contributed by atoms with Crippen LogP contribution in [0.1, 0.15) is 5.01 Å². The van der Waals surface area contributed by atoms with Crippen molar-refractivity contribution in [2.24, 2.45) is 4.99 Å². The molecule has 0 atom stereocenters. The molecular weight excluding hydrogens is 362 g/mol. The number of benzene rings is 1. The molecule has 0 aliphatic heterocycles. The van der Waals surface area contributed by atoms with E-state index in [0.717, 1.165) is 21.6 Å². The highest BCUT2D eigenvalue weighted by atomic mass is 32.1. The number of hydrogen-bond donors (Lipinski definition) is 2. The molecule has 0 spiro atoms. The number of rotatable bonds is 7. The van der Waals surface area contributed by atoms with Crippen molar-refractivity contribution in [1.29, 1.82) is 0 Å². The third-order valence-electron chi connectivity index (χ3n) is 3.70. The van der Waals surface area contributed by atoms with Gasteiger partial charge in [0.05, 0.1) is 25.2 Å². The van der Waals surface area contributed by atoms with Gasteiger partial charge in [0.15, 0.2) is 0 Å². The number of thiazole rings is 1. The number of amides is 2. The van der Waals surface area contributed by atoms with Crippen molar-refractivity contribution < 1.29 is 9.59 Å². The van der Waals surface area contributed by atoms with E-state index < -0.39 is 0 Å². The minimum absolute atomic E-state index is 0.0717. The van der Waals surface area contributed by atoms with Crippen LogP contribution < -0.4 is 10.6 Å². The summed E-state index contributed by atoms with van der Waals surface area (Å²) in [6.45, 7) is 0.274. The van der Waals surface area contributed by atoms with Crippen LogP contribution in [-0.2, 0) is 16.0 Å². The monoisotopic (exact) mass is 381 g/mol. The first-order valence-electron chi connectivity index (χ1n) is 8.41. The average molecular weight is 381 g/mol. The number of aliphatic imine (C=N–C) groups is 1. The molecule has 2 N–H and O–H groups in total. The van der Waals surface area contributed by atoms with E-state index in [1.807, 2.05) is 42.5 Å². The number of aromatic nitrogens is 2. The van der Waals surface area contributed by atoms with Crippen molar-refractivity contribution in [3.05, 3.63) is 47.5 Å². The van der Waals surface area contributed by atoms with Crippen LogP contribution in [0, 0.1) is 0 Å². The largest absolute Gasteiger partial charge is 0.350 e. The van der Waals surface area contributed by atoms with E-state index >= 15 is 0 Å². The molecule has 1 aromatic carbocycles. The van der Waals surface area contributed by atoms with E-state index in [2.05, 4.69) is 25.6 Å². The normalized spacial score (nSPS) is 11.0.